The van der Waals surface area contributed by atoms with E-state index in [4.69, 9.17) is 4.74 Å². The van der Waals surface area contributed by atoms with Gasteiger partial charge in [0.2, 0.25) is 0 Å². The van der Waals surface area contributed by atoms with Crippen LogP contribution in [-0.4, -0.2) is 60.1 Å². The molecule has 3 aromatic rings. The summed E-state index contributed by atoms with van der Waals surface area (Å²) in [6, 6.07) is 14.0. The Labute approximate surface area is 195 Å². The summed E-state index contributed by atoms with van der Waals surface area (Å²) in [5.41, 5.74) is 1.44. The van der Waals surface area contributed by atoms with Crippen LogP contribution in [0.15, 0.2) is 54.6 Å². The second-order valence-electron chi connectivity index (χ2n) is 7.09. The Morgan fingerprint density at radius 1 is 1.22 bits per heavy atom. The van der Waals surface area contributed by atoms with Crippen LogP contribution in [0.2, 0.25) is 0 Å². The van der Waals surface area contributed by atoms with Crippen molar-refractivity contribution in [1.82, 2.24) is 9.88 Å². The summed E-state index contributed by atoms with van der Waals surface area (Å²) in [5, 5.41) is 11.6. The first-order valence-corrected chi connectivity index (χ1v) is 10.8. The van der Waals surface area contributed by atoms with Crippen molar-refractivity contribution in [2.24, 2.45) is 0 Å². The number of hydrogen-bond acceptors (Lipinski definition) is 7. The second kappa shape index (κ2) is 11.1. The molecule has 168 valence electrons. The van der Waals surface area contributed by atoms with Crippen LogP contribution in [0, 0.1) is 10.1 Å². The van der Waals surface area contributed by atoms with E-state index in [1.165, 1.54) is 29.5 Å². The summed E-state index contributed by atoms with van der Waals surface area (Å²) in [7, 11) is 0. The molecular formula is C22H23ClN4O4S. The van der Waals surface area contributed by atoms with Crippen LogP contribution < -0.4 is 4.90 Å². The molecule has 2 aromatic carbocycles. The van der Waals surface area contributed by atoms with Gasteiger partial charge in [0, 0.05) is 44.4 Å². The average Bonchev–Trinajstić information content (AvgIpc) is 3.22. The topological polar surface area (TPSA) is 88.8 Å². The van der Waals surface area contributed by atoms with Gasteiger partial charge in [-0.15, -0.1) is 12.4 Å². The summed E-state index contributed by atoms with van der Waals surface area (Å²) in [6.07, 6.45) is 3.05. The van der Waals surface area contributed by atoms with Crippen molar-refractivity contribution in [1.29, 1.82) is 0 Å². The number of carbonyl (C=O) groups excluding carboxylic acids is 1. The molecule has 0 aliphatic carbocycles. The summed E-state index contributed by atoms with van der Waals surface area (Å²) in [6.45, 7) is 4.29. The molecule has 8 nitrogen and oxygen atoms in total. The van der Waals surface area contributed by atoms with Gasteiger partial charge in [-0.25, -0.2) is 4.98 Å². The van der Waals surface area contributed by atoms with Crippen molar-refractivity contribution >= 4 is 56.8 Å². The van der Waals surface area contributed by atoms with Crippen LogP contribution >= 0.6 is 23.7 Å². The molecule has 10 heteroatoms. The lowest BCUT2D eigenvalue weighted by atomic mass is 10.2. The molecule has 0 radical (unpaired) electrons. The number of ether oxygens (including phenoxy) is 1. The number of nitro groups is 1. The number of nitrogens with zero attached hydrogens (tertiary/aromatic N) is 4. The third kappa shape index (κ3) is 5.89. The molecule has 0 N–H and O–H groups in total. The molecule has 1 aliphatic rings. The van der Waals surface area contributed by atoms with Gasteiger partial charge in [0.15, 0.2) is 5.13 Å². The SMILES string of the molecule is Cl.O=C(/C=C/c1cccc([N+](=O)[O-])c1)N(CCN1CCOCC1)c1nc2ccccc2s1. The van der Waals surface area contributed by atoms with Gasteiger partial charge in [-0.05, 0) is 23.8 Å². The zero-order valence-corrected chi connectivity index (χ0v) is 18.9. The normalized spacial score (nSPS) is 14.4. The number of thiazole rings is 1. The summed E-state index contributed by atoms with van der Waals surface area (Å²) < 4.78 is 6.42. The number of carbonyl (C=O) groups is 1. The molecule has 1 aromatic heterocycles. The van der Waals surface area contributed by atoms with Gasteiger partial charge in [0.1, 0.15) is 0 Å². The van der Waals surface area contributed by atoms with E-state index in [9.17, 15) is 14.9 Å². The predicted octanol–water partition coefficient (Wildman–Crippen LogP) is 4.00. The monoisotopic (exact) mass is 474 g/mol. The molecule has 1 amide bonds. The van der Waals surface area contributed by atoms with E-state index in [2.05, 4.69) is 9.88 Å². The van der Waals surface area contributed by atoms with Crippen LogP contribution in [0.4, 0.5) is 10.8 Å². The van der Waals surface area contributed by atoms with Crippen LogP contribution in [0.3, 0.4) is 0 Å². The zero-order chi connectivity index (χ0) is 21.6. The Kier molecular flexibility index (Phi) is 8.29. The first-order valence-electron chi connectivity index (χ1n) is 10.00. The van der Waals surface area contributed by atoms with Gasteiger partial charge in [-0.3, -0.25) is 24.7 Å². The number of fused-ring (bicyclic) bond motifs is 1. The Bertz CT molecular complexity index is 1080. The number of non-ortho nitro benzene ring substituents is 1. The van der Waals surface area contributed by atoms with E-state index >= 15 is 0 Å². The minimum atomic E-state index is -0.449. The molecule has 32 heavy (non-hydrogen) atoms. The van der Waals surface area contributed by atoms with Gasteiger partial charge in [-0.2, -0.15) is 0 Å². The van der Waals surface area contributed by atoms with Crippen LogP contribution in [0.25, 0.3) is 16.3 Å². The standard InChI is InChI=1S/C22H22N4O4S.ClH/c27-21(9-8-17-4-3-5-18(16-17)26(28)29)25(11-10-24-12-14-30-15-13-24)22-23-19-6-1-2-7-20(19)31-22;/h1-9,16H,10-15H2;1H/b9-8+;. The van der Waals surface area contributed by atoms with Crippen LogP contribution in [0.1, 0.15) is 5.56 Å². The average molecular weight is 475 g/mol. The van der Waals surface area contributed by atoms with Crippen molar-refractivity contribution in [2.75, 3.05) is 44.3 Å². The number of halogens is 1. The van der Waals surface area contributed by atoms with Crippen molar-refractivity contribution < 1.29 is 14.5 Å². The number of morpholine rings is 1. The van der Waals surface area contributed by atoms with Gasteiger partial charge in [-0.1, -0.05) is 35.6 Å². The minimum Gasteiger partial charge on any atom is -0.379 e. The number of benzene rings is 2. The minimum absolute atomic E-state index is 0. The molecular weight excluding hydrogens is 452 g/mol. The molecule has 1 saturated heterocycles. The fourth-order valence-corrected chi connectivity index (χ4v) is 4.34. The van der Waals surface area contributed by atoms with E-state index in [0.717, 1.165) is 29.9 Å². The smallest absolute Gasteiger partial charge is 0.270 e. The first kappa shape index (κ1) is 23.8. The maximum absolute atomic E-state index is 13.1. The van der Waals surface area contributed by atoms with Crippen LogP contribution in [0.5, 0.6) is 0 Å². The lowest BCUT2D eigenvalue weighted by molar-refractivity contribution is -0.384. The van der Waals surface area contributed by atoms with Gasteiger partial charge in [0.25, 0.3) is 11.6 Å². The van der Waals surface area contributed by atoms with Crippen molar-refractivity contribution in [3.8, 4) is 0 Å². The van der Waals surface area contributed by atoms with E-state index in [1.807, 2.05) is 24.3 Å². The quantitative estimate of drug-likeness (QED) is 0.292. The molecule has 0 atom stereocenters. The Morgan fingerprint density at radius 2 is 2.00 bits per heavy atom. The van der Waals surface area contributed by atoms with Crippen molar-refractivity contribution in [3.63, 3.8) is 0 Å². The van der Waals surface area contributed by atoms with Crippen molar-refractivity contribution in [2.45, 2.75) is 0 Å². The number of aromatic nitrogens is 1. The van der Waals surface area contributed by atoms with Gasteiger partial charge >= 0.3 is 0 Å². The Hall–Kier alpha value is -2.85. The number of rotatable bonds is 7. The fourth-order valence-electron chi connectivity index (χ4n) is 3.34. The van der Waals surface area contributed by atoms with E-state index in [1.54, 1.807) is 23.1 Å². The zero-order valence-electron chi connectivity index (χ0n) is 17.3. The highest BCUT2D eigenvalue weighted by Gasteiger charge is 2.20. The maximum atomic E-state index is 13.1. The van der Waals surface area contributed by atoms with E-state index < -0.39 is 4.92 Å². The molecule has 1 fully saturated rings. The maximum Gasteiger partial charge on any atom is 0.270 e. The summed E-state index contributed by atoms with van der Waals surface area (Å²) in [4.78, 5) is 32.2. The highest BCUT2D eigenvalue weighted by atomic mass is 35.5. The van der Waals surface area contributed by atoms with Crippen molar-refractivity contribution in [3.05, 3.63) is 70.3 Å². The molecule has 1 aliphatic heterocycles. The lowest BCUT2D eigenvalue weighted by Gasteiger charge is -2.28. The lowest BCUT2D eigenvalue weighted by Crippen LogP contribution is -2.42. The first-order chi connectivity index (χ1) is 15.1. The summed E-state index contributed by atoms with van der Waals surface area (Å²) in [5.74, 6) is -0.209. The Balaban J connectivity index is 0.00000289. The molecule has 4 rings (SSSR count). The summed E-state index contributed by atoms with van der Waals surface area (Å²) >= 11 is 1.48. The highest BCUT2D eigenvalue weighted by Crippen LogP contribution is 2.29. The number of anilines is 1. The number of para-hydroxylation sites is 1. The number of nitro benzene ring substituents is 1. The van der Waals surface area contributed by atoms with Gasteiger partial charge in [0.05, 0.1) is 28.4 Å². The van der Waals surface area contributed by atoms with E-state index in [-0.39, 0.29) is 24.0 Å². The predicted molar refractivity (Wildman–Crippen MR) is 129 cm³/mol. The largest absolute Gasteiger partial charge is 0.379 e. The third-order valence-corrected chi connectivity index (χ3v) is 6.08. The number of hydrogen-bond donors (Lipinski definition) is 0. The Morgan fingerprint density at radius 3 is 2.75 bits per heavy atom. The molecule has 0 unspecified atom stereocenters. The second-order valence-corrected chi connectivity index (χ2v) is 8.10. The fraction of sp³-hybridized carbons (Fsp3) is 0.273. The van der Waals surface area contributed by atoms with E-state index in [0.29, 0.717) is 30.5 Å². The highest BCUT2D eigenvalue weighted by molar-refractivity contribution is 7.22. The van der Waals surface area contributed by atoms with Crippen LogP contribution in [-0.2, 0) is 9.53 Å². The molecule has 2 heterocycles. The number of amides is 1. The molecule has 0 spiro atoms. The van der Waals surface area contributed by atoms with Gasteiger partial charge < -0.3 is 4.74 Å². The molecule has 0 saturated carbocycles. The third-order valence-electron chi connectivity index (χ3n) is 5.02. The molecule has 0 bridgehead atoms.